The van der Waals surface area contributed by atoms with Gasteiger partial charge in [0.25, 0.3) is 0 Å². The van der Waals surface area contributed by atoms with E-state index in [2.05, 4.69) is 5.32 Å². The van der Waals surface area contributed by atoms with Crippen molar-refractivity contribution in [1.29, 1.82) is 0 Å². The van der Waals surface area contributed by atoms with Gasteiger partial charge in [0.05, 0.1) is 12.4 Å². The molecule has 0 spiro atoms. The second kappa shape index (κ2) is 6.15. The van der Waals surface area contributed by atoms with E-state index in [1.807, 2.05) is 0 Å². The molecule has 0 aliphatic carbocycles. The fourth-order valence-corrected chi connectivity index (χ4v) is 4.12. The Balaban J connectivity index is 2.23. The zero-order valence-electron chi connectivity index (χ0n) is 11.1. The van der Waals surface area contributed by atoms with E-state index in [4.69, 9.17) is 4.74 Å². The first-order chi connectivity index (χ1) is 9.44. The van der Waals surface area contributed by atoms with Gasteiger partial charge in [0.2, 0.25) is 0 Å². The molecule has 1 saturated heterocycles. The molecule has 0 radical (unpaired) electrons. The number of hydrogen-bond acceptors (Lipinski definition) is 4. The standard InChI is InChI=1S/C13H17F2NO3S/c1-16-12(9-4-5-19-7-9)8-20(17,18)13-6-10(14)2-3-11(13)15/h2-3,6,9,12,16H,4-5,7-8H2,1H3. The van der Waals surface area contributed by atoms with E-state index in [0.29, 0.717) is 13.2 Å². The molecule has 2 rings (SSSR count). The number of nitrogens with one attached hydrogen (secondary N) is 1. The van der Waals surface area contributed by atoms with Crippen molar-refractivity contribution < 1.29 is 21.9 Å². The lowest BCUT2D eigenvalue weighted by atomic mass is 10.0. The van der Waals surface area contributed by atoms with Crippen molar-refractivity contribution in [1.82, 2.24) is 5.32 Å². The molecular weight excluding hydrogens is 288 g/mol. The molecule has 1 aromatic rings. The van der Waals surface area contributed by atoms with Crippen LogP contribution in [0.3, 0.4) is 0 Å². The van der Waals surface area contributed by atoms with Crippen LogP contribution in [0.1, 0.15) is 6.42 Å². The van der Waals surface area contributed by atoms with Crippen LogP contribution >= 0.6 is 0 Å². The average Bonchev–Trinajstić information content (AvgIpc) is 2.92. The van der Waals surface area contributed by atoms with E-state index in [1.165, 1.54) is 0 Å². The van der Waals surface area contributed by atoms with E-state index in [1.54, 1.807) is 7.05 Å². The van der Waals surface area contributed by atoms with E-state index in [0.717, 1.165) is 24.6 Å². The number of sulfone groups is 1. The fraction of sp³-hybridized carbons (Fsp3) is 0.538. The van der Waals surface area contributed by atoms with E-state index in [-0.39, 0.29) is 17.7 Å². The van der Waals surface area contributed by atoms with E-state index < -0.39 is 26.4 Å². The van der Waals surface area contributed by atoms with Crippen LogP contribution < -0.4 is 5.32 Å². The van der Waals surface area contributed by atoms with Gasteiger partial charge in [-0.15, -0.1) is 0 Å². The maximum absolute atomic E-state index is 13.6. The summed E-state index contributed by atoms with van der Waals surface area (Å²) in [5, 5.41) is 2.93. The van der Waals surface area contributed by atoms with Gasteiger partial charge in [0.15, 0.2) is 9.84 Å². The van der Waals surface area contributed by atoms with Crippen molar-refractivity contribution >= 4 is 9.84 Å². The second-order valence-corrected chi connectivity index (χ2v) is 6.88. The lowest BCUT2D eigenvalue weighted by molar-refractivity contribution is 0.179. The summed E-state index contributed by atoms with van der Waals surface area (Å²) >= 11 is 0. The van der Waals surface area contributed by atoms with Crippen LogP contribution in [0.15, 0.2) is 23.1 Å². The third-order valence-corrected chi connectivity index (χ3v) is 5.31. The summed E-state index contributed by atoms with van der Waals surface area (Å²) in [4.78, 5) is -0.586. The molecule has 0 amide bonds. The van der Waals surface area contributed by atoms with Crippen molar-refractivity contribution in [3.05, 3.63) is 29.8 Å². The highest BCUT2D eigenvalue weighted by Crippen LogP contribution is 2.22. The molecule has 112 valence electrons. The number of benzene rings is 1. The molecule has 0 aromatic heterocycles. The normalized spacial score (nSPS) is 21.1. The van der Waals surface area contributed by atoms with Gasteiger partial charge in [-0.25, -0.2) is 17.2 Å². The van der Waals surface area contributed by atoms with Gasteiger partial charge in [0, 0.05) is 18.6 Å². The highest BCUT2D eigenvalue weighted by Gasteiger charge is 2.31. The minimum absolute atomic E-state index is 0.0615. The third kappa shape index (κ3) is 3.34. The van der Waals surface area contributed by atoms with Gasteiger partial charge in [-0.2, -0.15) is 0 Å². The Morgan fingerprint density at radius 3 is 2.80 bits per heavy atom. The summed E-state index contributed by atoms with van der Waals surface area (Å²) < 4.78 is 56.5. The Bertz CT molecular complexity index is 571. The summed E-state index contributed by atoms with van der Waals surface area (Å²) in [6.07, 6.45) is 0.757. The van der Waals surface area contributed by atoms with Crippen LogP contribution in [0, 0.1) is 17.6 Å². The van der Waals surface area contributed by atoms with Crippen LogP contribution in [-0.2, 0) is 14.6 Å². The number of rotatable bonds is 5. The van der Waals surface area contributed by atoms with Gasteiger partial charge in [-0.1, -0.05) is 0 Å². The Morgan fingerprint density at radius 2 is 2.20 bits per heavy atom. The Morgan fingerprint density at radius 1 is 1.45 bits per heavy atom. The molecule has 1 N–H and O–H groups in total. The topological polar surface area (TPSA) is 55.4 Å². The van der Waals surface area contributed by atoms with Crippen LogP contribution in [0.5, 0.6) is 0 Å². The summed E-state index contributed by atoms with van der Waals surface area (Å²) in [7, 11) is -2.24. The first kappa shape index (κ1) is 15.3. The van der Waals surface area contributed by atoms with Gasteiger partial charge in [0.1, 0.15) is 16.5 Å². The van der Waals surface area contributed by atoms with Gasteiger partial charge < -0.3 is 10.1 Å². The molecule has 0 bridgehead atoms. The number of hydrogen-bond donors (Lipinski definition) is 1. The molecule has 0 saturated carbocycles. The molecule has 1 aliphatic heterocycles. The first-order valence-corrected chi connectivity index (χ1v) is 8.02. The van der Waals surface area contributed by atoms with Crippen molar-refractivity contribution in [2.24, 2.45) is 5.92 Å². The van der Waals surface area contributed by atoms with Crippen molar-refractivity contribution in [3.63, 3.8) is 0 Å². The fourth-order valence-electron chi connectivity index (χ4n) is 2.37. The lowest BCUT2D eigenvalue weighted by Gasteiger charge is -2.21. The summed E-state index contributed by atoms with van der Waals surface area (Å²) in [6, 6.07) is 2.11. The minimum atomic E-state index is -3.90. The number of halogens is 2. The molecule has 2 atom stereocenters. The quantitative estimate of drug-likeness (QED) is 0.892. The maximum Gasteiger partial charge on any atom is 0.182 e. The zero-order valence-corrected chi connectivity index (χ0v) is 11.9. The van der Waals surface area contributed by atoms with Crippen LogP contribution in [-0.4, -0.2) is 40.5 Å². The molecule has 1 heterocycles. The summed E-state index contributed by atoms with van der Waals surface area (Å²) in [5.74, 6) is -1.91. The molecule has 1 aliphatic rings. The minimum Gasteiger partial charge on any atom is -0.381 e. The monoisotopic (exact) mass is 305 g/mol. The number of ether oxygens (including phenoxy) is 1. The average molecular weight is 305 g/mol. The molecule has 1 fully saturated rings. The van der Waals surface area contributed by atoms with Crippen LogP contribution in [0.2, 0.25) is 0 Å². The predicted octanol–water partition coefficient (Wildman–Crippen LogP) is 1.36. The predicted molar refractivity (Wildman–Crippen MR) is 70.2 cm³/mol. The molecule has 7 heteroatoms. The Kier molecular flexibility index (Phi) is 4.72. The highest BCUT2D eigenvalue weighted by molar-refractivity contribution is 7.91. The highest BCUT2D eigenvalue weighted by atomic mass is 32.2. The van der Waals surface area contributed by atoms with Crippen molar-refractivity contribution in [2.75, 3.05) is 26.0 Å². The SMILES string of the molecule is CNC(CS(=O)(=O)c1cc(F)ccc1F)C1CCOC1. The smallest absolute Gasteiger partial charge is 0.182 e. The van der Waals surface area contributed by atoms with Gasteiger partial charge in [-0.05, 0) is 31.7 Å². The van der Waals surface area contributed by atoms with E-state index >= 15 is 0 Å². The van der Waals surface area contributed by atoms with Crippen molar-refractivity contribution in [3.8, 4) is 0 Å². The molecule has 2 unspecified atom stereocenters. The molecule has 1 aromatic carbocycles. The lowest BCUT2D eigenvalue weighted by Crippen LogP contribution is -2.40. The first-order valence-electron chi connectivity index (χ1n) is 6.37. The van der Waals surface area contributed by atoms with E-state index in [9.17, 15) is 17.2 Å². The molecule has 4 nitrogen and oxygen atoms in total. The molecular formula is C13H17F2NO3S. The van der Waals surface area contributed by atoms with Gasteiger partial charge >= 0.3 is 0 Å². The molecule has 20 heavy (non-hydrogen) atoms. The maximum atomic E-state index is 13.6. The van der Waals surface area contributed by atoms with Crippen LogP contribution in [0.25, 0.3) is 0 Å². The Labute approximate surface area is 117 Å². The van der Waals surface area contributed by atoms with Crippen molar-refractivity contribution in [2.45, 2.75) is 17.4 Å². The second-order valence-electron chi connectivity index (χ2n) is 4.87. The third-order valence-electron chi connectivity index (χ3n) is 3.53. The largest absolute Gasteiger partial charge is 0.381 e. The summed E-state index contributed by atoms with van der Waals surface area (Å²) in [6.45, 7) is 1.07. The zero-order chi connectivity index (χ0) is 14.8. The summed E-state index contributed by atoms with van der Waals surface area (Å²) in [5.41, 5.74) is 0. The van der Waals surface area contributed by atoms with Gasteiger partial charge in [-0.3, -0.25) is 0 Å². The Hall–Kier alpha value is -1.05. The van der Waals surface area contributed by atoms with Crippen LogP contribution in [0.4, 0.5) is 8.78 Å².